The Balaban J connectivity index is 1.53. The minimum absolute atomic E-state index is 0.384. The SMILES string of the molecule is CN(C(N)=NCCCOC1CCOCC1)C1CC1. The van der Waals surface area contributed by atoms with Gasteiger partial charge in [-0.25, -0.2) is 0 Å². The van der Waals surface area contributed by atoms with Gasteiger partial charge < -0.3 is 20.1 Å². The molecular weight excluding hydrogens is 230 g/mol. The third kappa shape index (κ3) is 4.46. The lowest BCUT2D eigenvalue weighted by molar-refractivity contribution is -0.0318. The fraction of sp³-hybridized carbons (Fsp3) is 0.923. The average molecular weight is 255 g/mol. The molecule has 0 atom stereocenters. The molecule has 104 valence electrons. The first-order valence-corrected chi connectivity index (χ1v) is 6.99. The normalized spacial score (nSPS) is 22.2. The highest BCUT2D eigenvalue weighted by Crippen LogP contribution is 2.24. The molecule has 0 radical (unpaired) electrons. The van der Waals surface area contributed by atoms with E-state index >= 15 is 0 Å². The Kier molecular flexibility index (Phi) is 5.26. The van der Waals surface area contributed by atoms with Crippen LogP contribution < -0.4 is 5.73 Å². The van der Waals surface area contributed by atoms with Gasteiger partial charge in [-0.15, -0.1) is 0 Å². The van der Waals surface area contributed by atoms with Gasteiger partial charge in [0, 0.05) is 39.5 Å². The highest BCUT2D eigenvalue weighted by molar-refractivity contribution is 5.78. The molecule has 0 unspecified atom stereocenters. The molecule has 1 saturated carbocycles. The number of hydrogen-bond acceptors (Lipinski definition) is 3. The molecule has 0 amide bonds. The van der Waals surface area contributed by atoms with Crippen molar-refractivity contribution in [2.75, 3.05) is 33.4 Å². The molecule has 0 aromatic carbocycles. The molecule has 5 heteroatoms. The van der Waals surface area contributed by atoms with Crippen LogP contribution in [0, 0.1) is 0 Å². The van der Waals surface area contributed by atoms with E-state index in [0.717, 1.165) is 45.6 Å². The van der Waals surface area contributed by atoms with E-state index in [-0.39, 0.29) is 0 Å². The molecule has 0 bridgehead atoms. The van der Waals surface area contributed by atoms with Crippen LogP contribution in [-0.2, 0) is 9.47 Å². The average Bonchev–Trinajstić information content (AvgIpc) is 3.23. The third-order valence-electron chi connectivity index (χ3n) is 3.55. The number of ether oxygens (including phenoxy) is 2. The van der Waals surface area contributed by atoms with Crippen molar-refractivity contribution in [3.63, 3.8) is 0 Å². The molecule has 2 aliphatic rings. The molecule has 2 rings (SSSR count). The van der Waals surface area contributed by atoms with Crippen molar-refractivity contribution in [3.8, 4) is 0 Å². The van der Waals surface area contributed by atoms with Crippen molar-refractivity contribution in [2.45, 2.75) is 44.2 Å². The van der Waals surface area contributed by atoms with Gasteiger partial charge in [-0.05, 0) is 32.1 Å². The Morgan fingerprint density at radius 1 is 1.33 bits per heavy atom. The summed E-state index contributed by atoms with van der Waals surface area (Å²) in [5.41, 5.74) is 5.90. The van der Waals surface area contributed by atoms with Gasteiger partial charge in [-0.1, -0.05) is 0 Å². The molecule has 0 aromatic heterocycles. The lowest BCUT2D eigenvalue weighted by Gasteiger charge is -2.22. The number of rotatable bonds is 6. The predicted molar refractivity (Wildman–Crippen MR) is 71.7 cm³/mol. The second-order valence-corrected chi connectivity index (χ2v) is 5.12. The van der Waals surface area contributed by atoms with E-state index in [1.54, 1.807) is 0 Å². The van der Waals surface area contributed by atoms with E-state index in [2.05, 4.69) is 9.89 Å². The summed E-state index contributed by atoms with van der Waals surface area (Å²) in [7, 11) is 2.02. The van der Waals surface area contributed by atoms with Gasteiger partial charge in [0.05, 0.1) is 6.10 Å². The largest absolute Gasteiger partial charge is 0.381 e. The van der Waals surface area contributed by atoms with Gasteiger partial charge in [0.25, 0.3) is 0 Å². The number of guanidine groups is 1. The molecule has 1 saturated heterocycles. The molecule has 0 spiro atoms. The van der Waals surface area contributed by atoms with E-state index in [1.807, 2.05) is 7.05 Å². The number of nitrogens with zero attached hydrogens (tertiary/aromatic N) is 2. The molecule has 18 heavy (non-hydrogen) atoms. The standard InChI is InChI=1S/C13H25N3O2/c1-16(11-3-4-11)13(14)15-7-2-8-18-12-5-9-17-10-6-12/h11-12H,2-10H2,1H3,(H2,14,15). The van der Waals surface area contributed by atoms with Crippen LogP contribution in [0.5, 0.6) is 0 Å². The molecular formula is C13H25N3O2. The van der Waals surface area contributed by atoms with E-state index in [4.69, 9.17) is 15.2 Å². The van der Waals surface area contributed by atoms with Crippen LogP contribution in [-0.4, -0.2) is 56.4 Å². The predicted octanol–water partition coefficient (Wildman–Crippen LogP) is 0.981. The van der Waals surface area contributed by atoms with E-state index in [1.165, 1.54) is 12.8 Å². The van der Waals surface area contributed by atoms with E-state index < -0.39 is 0 Å². The monoisotopic (exact) mass is 255 g/mol. The zero-order chi connectivity index (χ0) is 12.8. The minimum Gasteiger partial charge on any atom is -0.381 e. The van der Waals surface area contributed by atoms with Crippen LogP contribution in [0.3, 0.4) is 0 Å². The molecule has 2 N–H and O–H groups in total. The number of hydrogen-bond donors (Lipinski definition) is 1. The Labute approximate surface area is 109 Å². The summed E-state index contributed by atoms with van der Waals surface area (Å²) >= 11 is 0. The fourth-order valence-corrected chi connectivity index (χ4v) is 2.11. The first-order chi connectivity index (χ1) is 8.77. The molecule has 1 aliphatic heterocycles. The first kappa shape index (κ1) is 13.6. The maximum absolute atomic E-state index is 5.90. The summed E-state index contributed by atoms with van der Waals surface area (Å²) in [6.45, 7) is 3.20. The zero-order valence-corrected chi connectivity index (χ0v) is 11.3. The quantitative estimate of drug-likeness (QED) is 0.437. The summed E-state index contributed by atoms with van der Waals surface area (Å²) in [6, 6.07) is 0.632. The highest BCUT2D eigenvalue weighted by atomic mass is 16.5. The summed E-state index contributed by atoms with van der Waals surface area (Å²) in [5.74, 6) is 0.670. The minimum atomic E-state index is 0.384. The molecule has 5 nitrogen and oxygen atoms in total. The van der Waals surface area contributed by atoms with Crippen molar-refractivity contribution >= 4 is 5.96 Å². The Morgan fingerprint density at radius 2 is 2.06 bits per heavy atom. The van der Waals surface area contributed by atoms with Gasteiger partial charge in [-0.3, -0.25) is 4.99 Å². The van der Waals surface area contributed by atoms with Crippen molar-refractivity contribution < 1.29 is 9.47 Å². The molecule has 0 aromatic rings. The summed E-state index contributed by atoms with van der Waals surface area (Å²) in [5, 5.41) is 0. The van der Waals surface area contributed by atoms with Gasteiger partial charge in [0.2, 0.25) is 0 Å². The van der Waals surface area contributed by atoms with Crippen LogP contribution in [0.4, 0.5) is 0 Å². The van der Waals surface area contributed by atoms with Crippen LogP contribution in [0.15, 0.2) is 4.99 Å². The summed E-state index contributed by atoms with van der Waals surface area (Å²) in [6.07, 6.45) is 5.87. The Hall–Kier alpha value is -0.810. The molecule has 1 aliphatic carbocycles. The Morgan fingerprint density at radius 3 is 2.72 bits per heavy atom. The smallest absolute Gasteiger partial charge is 0.191 e. The first-order valence-electron chi connectivity index (χ1n) is 6.99. The van der Waals surface area contributed by atoms with Crippen molar-refractivity contribution in [1.82, 2.24) is 4.90 Å². The highest BCUT2D eigenvalue weighted by Gasteiger charge is 2.27. The molecule has 2 fully saturated rings. The van der Waals surface area contributed by atoms with E-state index in [9.17, 15) is 0 Å². The topological polar surface area (TPSA) is 60.1 Å². The molecule has 1 heterocycles. The van der Waals surface area contributed by atoms with Gasteiger partial charge in [-0.2, -0.15) is 0 Å². The maximum Gasteiger partial charge on any atom is 0.191 e. The van der Waals surface area contributed by atoms with E-state index in [0.29, 0.717) is 18.1 Å². The fourth-order valence-electron chi connectivity index (χ4n) is 2.11. The lowest BCUT2D eigenvalue weighted by Crippen LogP contribution is -2.35. The van der Waals surface area contributed by atoms with Gasteiger partial charge in [0.1, 0.15) is 0 Å². The van der Waals surface area contributed by atoms with Gasteiger partial charge >= 0.3 is 0 Å². The van der Waals surface area contributed by atoms with Crippen LogP contribution in [0.25, 0.3) is 0 Å². The maximum atomic E-state index is 5.90. The second kappa shape index (κ2) is 6.95. The summed E-state index contributed by atoms with van der Waals surface area (Å²) in [4.78, 5) is 6.47. The van der Waals surface area contributed by atoms with Crippen molar-refractivity contribution in [1.29, 1.82) is 0 Å². The van der Waals surface area contributed by atoms with Crippen LogP contribution in [0.1, 0.15) is 32.1 Å². The van der Waals surface area contributed by atoms with Crippen molar-refractivity contribution in [2.24, 2.45) is 10.7 Å². The summed E-state index contributed by atoms with van der Waals surface area (Å²) < 4.78 is 11.1. The van der Waals surface area contributed by atoms with Gasteiger partial charge in [0.15, 0.2) is 5.96 Å². The van der Waals surface area contributed by atoms with Crippen LogP contribution in [0.2, 0.25) is 0 Å². The zero-order valence-electron chi connectivity index (χ0n) is 11.3. The third-order valence-corrected chi connectivity index (χ3v) is 3.55. The number of nitrogens with two attached hydrogens (primary N) is 1. The van der Waals surface area contributed by atoms with Crippen molar-refractivity contribution in [3.05, 3.63) is 0 Å². The number of aliphatic imine (C=N–C) groups is 1. The second-order valence-electron chi connectivity index (χ2n) is 5.12. The Bertz CT molecular complexity index is 273. The lowest BCUT2D eigenvalue weighted by atomic mass is 10.1. The van der Waals surface area contributed by atoms with Crippen LogP contribution >= 0.6 is 0 Å².